The minimum atomic E-state index is -0.591. The number of para-hydroxylation sites is 2. The first-order valence-electron chi connectivity index (χ1n) is 9.81. The maximum Gasteiger partial charge on any atom is 0.338 e. The molecule has 31 heavy (non-hydrogen) atoms. The van der Waals surface area contributed by atoms with Crippen LogP contribution in [0, 0.1) is 5.82 Å². The van der Waals surface area contributed by atoms with Gasteiger partial charge in [-0.05, 0) is 54.4 Å². The van der Waals surface area contributed by atoms with Crippen LogP contribution in [-0.4, -0.2) is 34.6 Å². The van der Waals surface area contributed by atoms with Crippen molar-refractivity contribution in [1.29, 1.82) is 0 Å². The lowest BCUT2D eigenvalue weighted by molar-refractivity contribution is -0.124. The summed E-state index contributed by atoms with van der Waals surface area (Å²) in [5.74, 6) is -1.34. The number of fused-ring (bicyclic) bond motifs is 1. The first kappa shape index (κ1) is 20.3. The molecule has 3 aromatic carbocycles. The predicted octanol–water partition coefficient (Wildman–Crippen LogP) is 3.68. The number of hydrogen-bond acceptors (Lipinski definition) is 4. The van der Waals surface area contributed by atoms with Gasteiger partial charge in [0.15, 0.2) is 6.61 Å². The number of imidazole rings is 1. The normalized spacial score (nSPS) is 10.7. The van der Waals surface area contributed by atoms with Crippen LogP contribution < -0.4 is 5.32 Å². The summed E-state index contributed by atoms with van der Waals surface area (Å²) in [6, 6.07) is 21.0. The number of rotatable bonds is 7. The Bertz CT molecular complexity index is 1220. The second kappa shape index (κ2) is 9.21. The highest BCUT2D eigenvalue weighted by atomic mass is 19.1. The molecule has 0 fully saturated rings. The minimum Gasteiger partial charge on any atom is -0.452 e. The number of ether oxygens (including phenoxy) is 1. The standard InChI is InChI=1S/C24H20FN3O3/c25-20-6-2-1-5-17(20)13-14-26-23(29)15-31-24(30)18-9-11-19(12-10-18)28-16-27-21-7-3-4-8-22(21)28/h1-12,16H,13-15H2,(H,26,29). The molecule has 0 aliphatic carbocycles. The summed E-state index contributed by atoms with van der Waals surface area (Å²) in [5.41, 5.74) is 3.56. The molecule has 1 heterocycles. The fourth-order valence-electron chi connectivity index (χ4n) is 3.23. The molecule has 0 saturated carbocycles. The van der Waals surface area contributed by atoms with Crippen LogP contribution in [0.25, 0.3) is 16.7 Å². The molecule has 7 heteroatoms. The summed E-state index contributed by atoms with van der Waals surface area (Å²) in [6.45, 7) is -0.144. The van der Waals surface area contributed by atoms with Crippen LogP contribution in [0.3, 0.4) is 0 Å². The average Bonchev–Trinajstić information content (AvgIpc) is 3.23. The number of benzene rings is 3. The molecule has 0 saturated heterocycles. The van der Waals surface area contributed by atoms with Gasteiger partial charge in [0.05, 0.1) is 16.6 Å². The molecule has 0 aliphatic rings. The number of amides is 1. The van der Waals surface area contributed by atoms with Gasteiger partial charge in [-0.2, -0.15) is 0 Å². The molecule has 4 rings (SSSR count). The van der Waals surface area contributed by atoms with Gasteiger partial charge in [-0.15, -0.1) is 0 Å². The molecule has 1 aromatic heterocycles. The van der Waals surface area contributed by atoms with E-state index in [4.69, 9.17) is 4.74 Å². The van der Waals surface area contributed by atoms with Gasteiger partial charge >= 0.3 is 5.97 Å². The maximum absolute atomic E-state index is 13.6. The fraction of sp³-hybridized carbons (Fsp3) is 0.125. The third kappa shape index (κ3) is 4.78. The third-order valence-corrected chi connectivity index (χ3v) is 4.84. The van der Waals surface area contributed by atoms with Crippen LogP contribution in [0.15, 0.2) is 79.1 Å². The maximum atomic E-state index is 13.6. The molecule has 0 atom stereocenters. The van der Waals surface area contributed by atoms with Crippen molar-refractivity contribution in [1.82, 2.24) is 14.9 Å². The summed E-state index contributed by atoms with van der Waals surface area (Å²) in [6.07, 6.45) is 2.08. The molecule has 6 nitrogen and oxygen atoms in total. The van der Waals surface area contributed by atoms with Gasteiger partial charge in [-0.25, -0.2) is 14.2 Å². The van der Waals surface area contributed by atoms with E-state index in [1.807, 2.05) is 28.8 Å². The Balaban J connectivity index is 1.29. The van der Waals surface area contributed by atoms with Crippen molar-refractivity contribution in [3.63, 3.8) is 0 Å². The topological polar surface area (TPSA) is 73.2 Å². The van der Waals surface area contributed by atoms with E-state index >= 15 is 0 Å². The van der Waals surface area contributed by atoms with Gasteiger partial charge in [0, 0.05) is 12.2 Å². The van der Waals surface area contributed by atoms with E-state index in [9.17, 15) is 14.0 Å². The van der Waals surface area contributed by atoms with E-state index in [0.717, 1.165) is 16.7 Å². The highest BCUT2D eigenvalue weighted by Gasteiger charge is 2.11. The summed E-state index contributed by atoms with van der Waals surface area (Å²) in [4.78, 5) is 28.5. The monoisotopic (exact) mass is 417 g/mol. The Labute approximate surface area is 178 Å². The zero-order valence-corrected chi connectivity index (χ0v) is 16.6. The highest BCUT2D eigenvalue weighted by Crippen LogP contribution is 2.18. The van der Waals surface area contributed by atoms with E-state index < -0.39 is 18.5 Å². The Morgan fingerprint density at radius 3 is 2.52 bits per heavy atom. The molecule has 0 radical (unpaired) electrons. The molecular weight excluding hydrogens is 397 g/mol. The average molecular weight is 417 g/mol. The van der Waals surface area contributed by atoms with E-state index in [1.165, 1.54) is 6.07 Å². The lowest BCUT2D eigenvalue weighted by Crippen LogP contribution is -2.30. The zero-order chi connectivity index (χ0) is 21.6. The van der Waals surface area contributed by atoms with Crippen molar-refractivity contribution < 1.29 is 18.7 Å². The summed E-state index contributed by atoms with van der Waals surface area (Å²) >= 11 is 0. The Kier molecular flexibility index (Phi) is 6.03. The van der Waals surface area contributed by atoms with E-state index in [-0.39, 0.29) is 12.4 Å². The van der Waals surface area contributed by atoms with Crippen molar-refractivity contribution in [3.8, 4) is 5.69 Å². The van der Waals surface area contributed by atoms with Crippen LogP contribution >= 0.6 is 0 Å². The van der Waals surface area contributed by atoms with Crippen molar-refractivity contribution in [2.24, 2.45) is 0 Å². The Hall–Kier alpha value is -4.00. The van der Waals surface area contributed by atoms with Crippen molar-refractivity contribution in [2.45, 2.75) is 6.42 Å². The van der Waals surface area contributed by atoms with Gasteiger partial charge in [0.25, 0.3) is 5.91 Å². The van der Waals surface area contributed by atoms with Crippen LogP contribution in [0.4, 0.5) is 4.39 Å². The molecule has 0 spiro atoms. The quantitative estimate of drug-likeness (QED) is 0.466. The molecule has 1 amide bonds. The summed E-state index contributed by atoms with van der Waals surface area (Å²) < 4.78 is 20.6. The smallest absolute Gasteiger partial charge is 0.338 e. The third-order valence-electron chi connectivity index (χ3n) is 4.84. The Morgan fingerprint density at radius 1 is 0.968 bits per heavy atom. The number of esters is 1. The lowest BCUT2D eigenvalue weighted by Gasteiger charge is -2.08. The summed E-state index contributed by atoms with van der Waals surface area (Å²) in [5, 5.41) is 2.62. The van der Waals surface area contributed by atoms with Gasteiger partial charge in [-0.1, -0.05) is 30.3 Å². The molecule has 0 unspecified atom stereocenters. The largest absolute Gasteiger partial charge is 0.452 e. The molecule has 4 aromatic rings. The Morgan fingerprint density at radius 2 is 1.71 bits per heavy atom. The number of hydrogen-bond donors (Lipinski definition) is 1. The molecule has 0 bridgehead atoms. The number of nitrogens with zero attached hydrogens (tertiary/aromatic N) is 2. The van der Waals surface area contributed by atoms with E-state index in [1.54, 1.807) is 48.8 Å². The minimum absolute atomic E-state index is 0.255. The number of carbonyl (C=O) groups excluding carboxylic acids is 2. The SMILES string of the molecule is O=C(COC(=O)c1ccc(-n2cnc3ccccc32)cc1)NCCc1ccccc1F. The van der Waals surface area contributed by atoms with Crippen LogP contribution in [0.2, 0.25) is 0 Å². The molecule has 1 N–H and O–H groups in total. The van der Waals surface area contributed by atoms with Crippen molar-refractivity contribution in [3.05, 3.63) is 96.1 Å². The van der Waals surface area contributed by atoms with E-state index in [0.29, 0.717) is 17.5 Å². The number of aromatic nitrogens is 2. The number of carbonyl (C=O) groups is 2. The van der Waals surface area contributed by atoms with Gasteiger partial charge in [0.2, 0.25) is 0 Å². The highest BCUT2D eigenvalue weighted by molar-refractivity contribution is 5.91. The van der Waals surface area contributed by atoms with Crippen molar-refractivity contribution >= 4 is 22.9 Å². The molecule has 156 valence electrons. The number of halogens is 1. The van der Waals surface area contributed by atoms with Gasteiger partial charge in [0.1, 0.15) is 12.1 Å². The lowest BCUT2D eigenvalue weighted by atomic mass is 10.1. The first-order chi connectivity index (χ1) is 15.1. The number of nitrogens with one attached hydrogen (secondary N) is 1. The van der Waals surface area contributed by atoms with Crippen LogP contribution in [0.5, 0.6) is 0 Å². The second-order valence-corrected chi connectivity index (χ2v) is 6.92. The van der Waals surface area contributed by atoms with Crippen LogP contribution in [-0.2, 0) is 16.0 Å². The first-order valence-corrected chi connectivity index (χ1v) is 9.81. The zero-order valence-electron chi connectivity index (χ0n) is 16.6. The molecular formula is C24H20FN3O3. The predicted molar refractivity (Wildman–Crippen MR) is 114 cm³/mol. The van der Waals surface area contributed by atoms with Crippen molar-refractivity contribution in [2.75, 3.05) is 13.2 Å². The van der Waals surface area contributed by atoms with Gasteiger partial charge < -0.3 is 10.1 Å². The summed E-state index contributed by atoms with van der Waals surface area (Å²) in [7, 11) is 0. The van der Waals surface area contributed by atoms with Gasteiger partial charge in [-0.3, -0.25) is 9.36 Å². The second-order valence-electron chi connectivity index (χ2n) is 6.92. The van der Waals surface area contributed by atoms with Crippen LogP contribution in [0.1, 0.15) is 15.9 Å². The fourth-order valence-corrected chi connectivity index (χ4v) is 3.23. The molecule has 0 aliphatic heterocycles. The van der Waals surface area contributed by atoms with E-state index in [2.05, 4.69) is 10.3 Å².